The molecule has 0 aliphatic carbocycles. The van der Waals surface area contributed by atoms with Gasteiger partial charge in [0, 0.05) is 32.2 Å². The zero-order valence-corrected chi connectivity index (χ0v) is 14.1. The van der Waals surface area contributed by atoms with E-state index in [4.69, 9.17) is 9.72 Å². The van der Waals surface area contributed by atoms with Crippen LogP contribution in [-0.2, 0) is 4.74 Å². The molecule has 6 heteroatoms. The van der Waals surface area contributed by atoms with Crippen LogP contribution in [0.5, 0.6) is 0 Å². The number of nitrogens with zero attached hydrogens (tertiary/aromatic N) is 3. The van der Waals surface area contributed by atoms with Gasteiger partial charge in [-0.1, -0.05) is 12.1 Å². The van der Waals surface area contributed by atoms with Crippen molar-refractivity contribution in [2.24, 2.45) is 5.41 Å². The van der Waals surface area contributed by atoms with Crippen molar-refractivity contribution in [2.75, 3.05) is 38.3 Å². The monoisotopic (exact) mass is 331 g/mol. The molecule has 6 nitrogen and oxygen atoms in total. The minimum Gasteiger partial charge on any atom is -0.396 e. The van der Waals surface area contributed by atoms with Gasteiger partial charge in [0.05, 0.1) is 29.9 Å². The Morgan fingerprint density at radius 2 is 2.12 bits per heavy atom. The minimum atomic E-state index is -0.538. The number of aliphatic hydroxyl groups excluding tert-OH is 2. The first-order valence-electron chi connectivity index (χ1n) is 8.43. The van der Waals surface area contributed by atoms with E-state index < -0.39 is 11.5 Å². The Morgan fingerprint density at radius 3 is 2.88 bits per heavy atom. The minimum absolute atomic E-state index is 0.0462. The number of para-hydroxylation sites is 2. The summed E-state index contributed by atoms with van der Waals surface area (Å²) in [6, 6.07) is 7.78. The van der Waals surface area contributed by atoms with Gasteiger partial charge < -0.3 is 19.8 Å². The summed E-state index contributed by atoms with van der Waals surface area (Å²) >= 11 is 0. The Kier molecular flexibility index (Phi) is 5.28. The SMILES string of the molecule is COCCC[C@@]1(CO)CN(c2cnc3ccccc3n2)CC[C@H]1O. The van der Waals surface area contributed by atoms with Crippen LogP contribution in [0.15, 0.2) is 30.5 Å². The molecule has 1 aliphatic heterocycles. The van der Waals surface area contributed by atoms with Crippen LogP contribution in [0.2, 0.25) is 0 Å². The van der Waals surface area contributed by atoms with Gasteiger partial charge in [0.2, 0.25) is 0 Å². The second-order valence-electron chi connectivity index (χ2n) is 6.56. The van der Waals surface area contributed by atoms with Crippen molar-refractivity contribution >= 4 is 16.9 Å². The third-order valence-electron chi connectivity index (χ3n) is 4.98. The molecule has 0 saturated carbocycles. The van der Waals surface area contributed by atoms with Crippen molar-refractivity contribution in [3.8, 4) is 0 Å². The maximum Gasteiger partial charge on any atom is 0.147 e. The Bertz CT molecular complexity index is 681. The largest absolute Gasteiger partial charge is 0.396 e. The van der Waals surface area contributed by atoms with Crippen LogP contribution in [0.25, 0.3) is 11.0 Å². The lowest BCUT2D eigenvalue weighted by Gasteiger charge is -2.45. The summed E-state index contributed by atoms with van der Waals surface area (Å²) in [5, 5.41) is 20.5. The molecule has 1 aromatic heterocycles. The van der Waals surface area contributed by atoms with E-state index in [-0.39, 0.29) is 6.61 Å². The molecule has 1 aromatic carbocycles. The van der Waals surface area contributed by atoms with Gasteiger partial charge >= 0.3 is 0 Å². The van der Waals surface area contributed by atoms with Crippen molar-refractivity contribution in [1.82, 2.24) is 9.97 Å². The molecule has 24 heavy (non-hydrogen) atoms. The summed E-state index contributed by atoms with van der Waals surface area (Å²) in [5.74, 6) is 0.796. The van der Waals surface area contributed by atoms with Gasteiger partial charge in [-0.05, 0) is 31.4 Å². The maximum absolute atomic E-state index is 10.5. The molecule has 0 spiro atoms. The molecule has 2 N–H and O–H groups in total. The van der Waals surface area contributed by atoms with Gasteiger partial charge in [-0.15, -0.1) is 0 Å². The van der Waals surface area contributed by atoms with Gasteiger partial charge in [-0.2, -0.15) is 0 Å². The zero-order valence-electron chi connectivity index (χ0n) is 14.1. The number of methoxy groups -OCH3 is 1. The highest BCUT2D eigenvalue weighted by atomic mass is 16.5. The fraction of sp³-hybridized carbons (Fsp3) is 0.556. The first-order chi connectivity index (χ1) is 11.7. The van der Waals surface area contributed by atoms with E-state index in [1.807, 2.05) is 24.3 Å². The molecule has 1 saturated heterocycles. The molecule has 2 aromatic rings. The van der Waals surface area contributed by atoms with Gasteiger partial charge in [-0.3, -0.25) is 4.98 Å². The lowest BCUT2D eigenvalue weighted by Crippen LogP contribution is -2.54. The summed E-state index contributed by atoms with van der Waals surface area (Å²) in [4.78, 5) is 11.3. The molecular weight excluding hydrogens is 306 g/mol. The number of hydrogen-bond donors (Lipinski definition) is 2. The quantitative estimate of drug-likeness (QED) is 0.783. The predicted molar refractivity (Wildman–Crippen MR) is 93.0 cm³/mol. The number of aromatic nitrogens is 2. The molecular formula is C18H25N3O3. The standard InChI is InChI=1S/C18H25N3O3/c1-24-10-4-8-18(13-22)12-21(9-7-16(18)23)17-11-19-14-5-2-3-6-15(14)20-17/h2-3,5-6,11,16,22-23H,4,7-10,12-13H2,1H3/t16-,18+/m1/s1. The number of benzene rings is 1. The first kappa shape index (κ1) is 17.1. The summed E-state index contributed by atoms with van der Waals surface area (Å²) in [5.41, 5.74) is 1.19. The molecule has 2 atom stereocenters. The van der Waals surface area contributed by atoms with Crippen molar-refractivity contribution < 1.29 is 14.9 Å². The summed E-state index contributed by atoms with van der Waals surface area (Å²) < 4.78 is 5.12. The fourth-order valence-corrected chi connectivity index (χ4v) is 3.49. The van der Waals surface area contributed by atoms with E-state index in [1.54, 1.807) is 13.3 Å². The second kappa shape index (κ2) is 7.42. The van der Waals surface area contributed by atoms with Crippen LogP contribution >= 0.6 is 0 Å². The highest BCUT2D eigenvalue weighted by Crippen LogP contribution is 2.36. The average molecular weight is 331 g/mol. The van der Waals surface area contributed by atoms with E-state index in [1.165, 1.54) is 0 Å². The molecule has 0 amide bonds. The molecule has 0 radical (unpaired) electrons. The highest BCUT2D eigenvalue weighted by Gasteiger charge is 2.42. The summed E-state index contributed by atoms with van der Waals surface area (Å²) in [7, 11) is 1.67. The summed E-state index contributed by atoms with van der Waals surface area (Å²) in [6.07, 6.45) is 3.41. The predicted octanol–water partition coefficient (Wildman–Crippen LogP) is 1.61. The van der Waals surface area contributed by atoms with Crippen LogP contribution in [0.4, 0.5) is 5.82 Å². The number of rotatable bonds is 6. The van der Waals surface area contributed by atoms with Crippen molar-refractivity contribution in [3.05, 3.63) is 30.5 Å². The highest BCUT2D eigenvalue weighted by molar-refractivity contribution is 5.75. The Morgan fingerprint density at radius 1 is 1.33 bits per heavy atom. The number of anilines is 1. The number of fused-ring (bicyclic) bond motifs is 1. The van der Waals surface area contributed by atoms with Gasteiger partial charge in [-0.25, -0.2) is 4.98 Å². The first-order valence-corrected chi connectivity index (χ1v) is 8.43. The van der Waals surface area contributed by atoms with Crippen LogP contribution in [0.1, 0.15) is 19.3 Å². The molecule has 1 fully saturated rings. The lowest BCUT2D eigenvalue weighted by atomic mass is 9.74. The molecule has 0 bridgehead atoms. The van der Waals surface area contributed by atoms with Crippen molar-refractivity contribution in [1.29, 1.82) is 0 Å². The van der Waals surface area contributed by atoms with Crippen molar-refractivity contribution in [2.45, 2.75) is 25.4 Å². The number of aliphatic hydroxyl groups is 2. The molecule has 2 heterocycles. The van der Waals surface area contributed by atoms with Gasteiger partial charge in [0.1, 0.15) is 5.82 Å². The lowest BCUT2D eigenvalue weighted by molar-refractivity contribution is -0.0388. The topological polar surface area (TPSA) is 78.7 Å². The van der Waals surface area contributed by atoms with Crippen molar-refractivity contribution in [3.63, 3.8) is 0 Å². The Labute approximate surface area is 142 Å². The maximum atomic E-state index is 10.5. The number of hydrogen-bond acceptors (Lipinski definition) is 6. The molecule has 3 rings (SSSR count). The second-order valence-corrected chi connectivity index (χ2v) is 6.56. The van der Waals surface area contributed by atoms with E-state index in [0.717, 1.165) is 29.7 Å². The Balaban J connectivity index is 1.82. The van der Waals surface area contributed by atoms with E-state index in [0.29, 0.717) is 26.1 Å². The van der Waals surface area contributed by atoms with Crippen LogP contribution < -0.4 is 4.90 Å². The zero-order chi connectivity index (χ0) is 17.0. The van der Waals surface area contributed by atoms with E-state index >= 15 is 0 Å². The van der Waals surface area contributed by atoms with Gasteiger partial charge in [0.15, 0.2) is 0 Å². The fourth-order valence-electron chi connectivity index (χ4n) is 3.49. The number of ether oxygens (including phenoxy) is 1. The number of piperidine rings is 1. The summed E-state index contributed by atoms with van der Waals surface area (Å²) in [6.45, 7) is 1.86. The van der Waals surface area contributed by atoms with Gasteiger partial charge in [0.25, 0.3) is 0 Å². The van der Waals surface area contributed by atoms with E-state index in [2.05, 4.69) is 9.88 Å². The molecule has 130 valence electrons. The molecule has 0 unspecified atom stereocenters. The Hall–Kier alpha value is -1.76. The van der Waals surface area contributed by atoms with Crippen LogP contribution in [-0.4, -0.2) is 59.7 Å². The average Bonchev–Trinajstić information content (AvgIpc) is 2.63. The van der Waals surface area contributed by atoms with Crippen LogP contribution in [0, 0.1) is 5.41 Å². The third-order valence-corrected chi connectivity index (χ3v) is 4.98. The third kappa shape index (κ3) is 3.36. The van der Waals surface area contributed by atoms with E-state index in [9.17, 15) is 10.2 Å². The molecule has 1 aliphatic rings. The smallest absolute Gasteiger partial charge is 0.147 e. The normalized spacial score (nSPS) is 24.5. The van der Waals surface area contributed by atoms with Crippen LogP contribution in [0.3, 0.4) is 0 Å².